The molecule has 0 saturated heterocycles. The normalized spacial score (nSPS) is 15.4. The molecule has 1 atom stereocenters. The van der Waals surface area contributed by atoms with Gasteiger partial charge in [-0.2, -0.15) is 0 Å². The number of aryl methyl sites for hydroxylation is 1. The summed E-state index contributed by atoms with van der Waals surface area (Å²) in [6, 6.07) is 13.3. The molecule has 1 aliphatic heterocycles. The van der Waals surface area contributed by atoms with Crippen molar-refractivity contribution in [3.63, 3.8) is 0 Å². The number of nitrogens with zero attached hydrogens (tertiary/aromatic N) is 1. The van der Waals surface area contributed by atoms with Gasteiger partial charge in [0.05, 0.1) is 5.92 Å². The van der Waals surface area contributed by atoms with E-state index in [4.69, 9.17) is 21.1 Å². The van der Waals surface area contributed by atoms with Crippen LogP contribution in [0.2, 0.25) is 5.02 Å². The Labute approximate surface area is 163 Å². The first kappa shape index (κ1) is 19.2. The number of rotatable bonds is 5. The number of hydrogen-bond acceptors (Lipinski definition) is 4. The summed E-state index contributed by atoms with van der Waals surface area (Å²) in [6.45, 7) is 2.44. The van der Waals surface area contributed by atoms with Crippen LogP contribution >= 0.6 is 11.6 Å². The zero-order valence-electron chi connectivity index (χ0n) is 15.4. The number of esters is 1. The average molecular weight is 388 g/mol. The van der Waals surface area contributed by atoms with Gasteiger partial charge in [0.25, 0.3) is 5.91 Å². The first-order valence-corrected chi connectivity index (χ1v) is 9.17. The Balaban J connectivity index is 1.49. The maximum absolute atomic E-state index is 12.3. The van der Waals surface area contributed by atoms with E-state index in [1.165, 1.54) is 5.56 Å². The topological polar surface area (TPSA) is 55.8 Å². The van der Waals surface area contributed by atoms with Crippen molar-refractivity contribution in [3.8, 4) is 5.75 Å². The van der Waals surface area contributed by atoms with E-state index in [1.54, 1.807) is 30.1 Å². The van der Waals surface area contributed by atoms with Crippen LogP contribution in [0.25, 0.3) is 0 Å². The lowest BCUT2D eigenvalue weighted by atomic mass is 9.97. The number of fused-ring (bicyclic) bond motifs is 1. The van der Waals surface area contributed by atoms with Crippen molar-refractivity contribution in [2.75, 3.05) is 20.3 Å². The molecule has 5 nitrogen and oxygen atoms in total. The summed E-state index contributed by atoms with van der Waals surface area (Å²) >= 11 is 5.99. The van der Waals surface area contributed by atoms with Crippen LogP contribution in [0.1, 0.15) is 16.7 Å². The van der Waals surface area contributed by atoms with Crippen molar-refractivity contribution in [1.29, 1.82) is 0 Å². The van der Waals surface area contributed by atoms with E-state index >= 15 is 0 Å². The molecule has 1 aliphatic rings. The van der Waals surface area contributed by atoms with E-state index in [9.17, 15) is 9.59 Å². The molecule has 0 N–H and O–H groups in total. The lowest BCUT2D eigenvalue weighted by Crippen LogP contribution is -2.34. The fourth-order valence-corrected chi connectivity index (χ4v) is 3.13. The Hall–Kier alpha value is -2.53. The molecule has 0 fully saturated rings. The number of likely N-dealkylation sites (N-methyl/N-ethyl adjacent to an activating group) is 1. The third-order valence-electron chi connectivity index (χ3n) is 4.57. The summed E-state index contributed by atoms with van der Waals surface area (Å²) in [6.07, 6.45) is 0.488. The van der Waals surface area contributed by atoms with Crippen LogP contribution in [0.15, 0.2) is 42.5 Å². The highest BCUT2D eigenvalue weighted by molar-refractivity contribution is 6.30. The molecule has 27 heavy (non-hydrogen) atoms. The standard InChI is InChI=1S/C21H22ClNO4/c1-14-3-5-15(6-4-14)11-23(2)20(24)13-27-21(25)17-9-16-10-18(22)7-8-19(16)26-12-17/h3-8,10,17H,9,11-13H2,1-2H3/t17-/m1/s1. The Kier molecular flexibility index (Phi) is 6.01. The van der Waals surface area contributed by atoms with E-state index in [0.717, 1.165) is 16.9 Å². The van der Waals surface area contributed by atoms with E-state index < -0.39 is 11.9 Å². The fourth-order valence-electron chi connectivity index (χ4n) is 2.93. The molecule has 6 heteroatoms. The van der Waals surface area contributed by atoms with Gasteiger partial charge < -0.3 is 14.4 Å². The maximum atomic E-state index is 12.3. The Morgan fingerprint density at radius 1 is 1.22 bits per heavy atom. The van der Waals surface area contributed by atoms with Crippen LogP contribution in [0.4, 0.5) is 0 Å². The third kappa shape index (κ3) is 5.01. The number of carbonyl (C=O) groups is 2. The fraction of sp³-hybridized carbons (Fsp3) is 0.333. The zero-order valence-corrected chi connectivity index (χ0v) is 16.2. The molecular weight excluding hydrogens is 366 g/mol. The number of benzene rings is 2. The number of carbonyl (C=O) groups excluding carboxylic acids is 2. The van der Waals surface area contributed by atoms with Gasteiger partial charge in [0.1, 0.15) is 12.4 Å². The minimum absolute atomic E-state index is 0.237. The lowest BCUT2D eigenvalue weighted by molar-refractivity contribution is -0.156. The summed E-state index contributed by atoms with van der Waals surface area (Å²) in [4.78, 5) is 26.1. The van der Waals surface area contributed by atoms with Gasteiger partial charge in [-0.05, 0) is 42.7 Å². The van der Waals surface area contributed by atoms with E-state index in [-0.39, 0.29) is 19.1 Å². The summed E-state index contributed by atoms with van der Waals surface area (Å²) in [5, 5.41) is 0.597. The SMILES string of the molecule is Cc1ccc(CN(C)C(=O)COC(=O)[C@H]2COc3ccc(Cl)cc3C2)cc1. The van der Waals surface area contributed by atoms with Gasteiger partial charge in [0.15, 0.2) is 6.61 Å². The number of hydrogen-bond donors (Lipinski definition) is 0. The Bertz CT molecular complexity index is 835. The van der Waals surface area contributed by atoms with Gasteiger partial charge in [0.2, 0.25) is 0 Å². The van der Waals surface area contributed by atoms with Crippen LogP contribution in [0.3, 0.4) is 0 Å². The van der Waals surface area contributed by atoms with Crippen LogP contribution in [-0.4, -0.2) is 37.0 Å². The number of ether oxygens (including phenoxy) is 2. The third-order valence-corrected chi connectivity index (χ3v) is 4.80. The monoisotopic (exact) mass is 387 g/mol. The summed E-state index contributed by atoms with van der Waals surface area (Å²) < 4.78 is 10.8. The van der Waals surface area contributed by atoms with E-state index in [2.05, 4.69) is 0 Å². The lowest BCUT2D eigenvalue weighted by Gasteiger charge is -2.24. The second-order valence-corrected chi connectivity index (χ2v) is 7.24. The van der Waals surface area contributed by atoms with Crippen molar-refractivity contribution in [3.05, 3.63) is 64.2 Å². The highest BCUT2D eigenvalue weighted by atomic mass is 35.5. The molecule has 0 unspecified atom stereocenters. The van der Waals surface area contributed by atoms with Crippen molar-refractivity contribution < 1.29 is 19.1 Å². The second-order valence-electron chi connectivity index (χ2n) is 6.81. The molecule has 0 bridgehead atoms. The zero-order chi connectivity index (χ0) is 19.4. The molecule has 0 saturated carbocycles. The summed E-state index contributed by atoms with van der Waals surface area (Å²) in [7, 11) is 1.69. The molecule has 2 aromatic carbocycles. The van der Waals surface area contributed by atoms with Crippen LogP contribution in [0, 0.1) is 12.8 Å². The van der Waals surface area contributed by atoms with Gasteiger partial charge in [-0.1, -0.05) is 41.4 Å². The van der Waals surface area contributed by atoms with Crippen LogP contribution < -0.4 is 4.74 Å². The van der Waals surface area contributed by atoms with Gasteiger partial charge in [0, 0.05) is 18.6 Å². The van der Waals surface area contributed by atoms with Crippen LogP contribution in [0.5, 0.6) is 5.75 Å². The maximum Gasteiger partial charge on any atom is 0.313 e. The van der Waals surface area contributed by atoms with E-state index in [1.807, 2.05) is 31.2 Å². The Morgan fingerprint density at radius 3 is 2.70 bits per heavy atom. The molecule has 2 aromatic rings. The number of amides is 1. The molecule has 3 rings (SSSR count). The average Bonchev–Trinajstić information content (AvgIpc) is 2.66. The highest BCUT2D eigenvalue weighted by Gasteiger charge is 2.28. The minimum atomic E-state index is -0.439. The van der Waals surface area contributed by atoms with Crippen molar-refractivity contribution in [2.45, 2.75) is 19.9 Å². The predicted molar refractivity (Wildman–Crippen MR) is 103 cm³/mol. The molecule has 0 aromatic heterocycles. The van der Waals surface area contributed by atoms with Crippen molar-refractivity contribution in [1.82, 2.24) is 4.90 Å². The first-order valence-electron chi connectivity index (χ1n) is 8.80. The van der Waals surface area contributed by atoms with Gasteiger partial charge in [-0.15, -0.1) is 0 Å². The largest absolute Gasteiger partial charge is 0.492 e. The Morgan fingerprint density at radius 2 is 1.96 bits per heavy atom. The van der Waals surface area contributed by atoms with E-state index in [0.29, 0.717) is 18.0 Å². The highest BCUT2D eigenvalue weighted by Crippen LogP contribution is 2.30. The van der Waals surface area contributed by atoms with Crippen LogP contribution in [-0.2, 0) is 27.3 Å². The minimum Gasteiger partial charge on any atom is -0.492 e. The molecule has 0 aliphatic carbocycles. The molecule has 0 radical (unpaired) electrons. The quantitative estimate of drug-likeness (QED) is 0.738. The summed E-state index contributed by atoms with van der Waals surface area (Å²) in [5.74, 6) is -0.384. The van der Waals surface area contributed by atoms with Crippen molar-refractivity contribution >= 4 is 23.5 Å². The smallest absolute Gasteiger partial charge is 0.313 e. The predicted octanol–water partition coefficient (Wildman–Crippen LogP) is 3.40. The van der Waals surface area contributed by atoms with Gasteiger partial charge in [-0.25, -0.2) is 0 Å². The van der Waals surface area contributed by atoms with Crippen molar-refractivity contribution in [2.24, 2.45) is 5.92 Å². The van der Waals surface area contributed by atoms with Gasteiger partial charge >= 0.3 is 5.97 Å². The van der Waals surface area contributed by atoms with Gasteiger partial charge in [-0.3, -0.25) is 9.59 Å². The number of halogens is 1. The summed E-state index contributed by atoms with van der Waals surface area (Å²) in [5.41, 5.74) is 3.06. The molecule has 0 spiro atoms. The second kappa shape index (κ2) is 8.44. The molecule has 142 valence electrons. The molecular formula is C21H22ClNO4. The molecule has 1 amide bonds. The first-order chi connectivity index (χ1) is 12.9. The molecule has 1 heterocycles.